The minimum Gasteiger partial charge on any atom is -0.496 e. The first-order valence-electron chi connectivity index (χ1n) is 6.04. The van der Waals surface area contributed by atoms with E-state index in [0.717, 1.165) is 17.0 Å². The van der Waals surface area contributed by atoms with E-state index in [-0.39, 0.29) is 0 Å². The van der Waals surface area contributed by atoms with E-state index >= 15 is 0 Å². The molecule has 0 saturated heterocycles. The molecule has 3 nitrogen and oxygen atoms in total. The Hall–Kier alpha value is -2.55. The highest BCUT2D eigenvalue weighted by Gasteiger charge is 1.94. The normalized spacial score (nSPS) is 11.0. The quantitative estimate of drug-likeness (QED) is 0.648. The average molecular weight is 252 g/mol. The van der Waals surface area contributed by atoms with Gasteiger partial charge in [0, 0.05) is 11.8 Å². The van der Waals surface area contributed by atoms with Crippen LogP contribution in [-0.4, -0.2) is 13.3 Å². The first-order valence-corrected chi connectivity index (χ1v) is 6.04. The van der Waals surface area contributed by atoms with Crippen molar-refractivity contribution in [1.82, 2.24) is 0 Å². The van der Waals surface area contributed by atoms with Crippen molar-refractivity contribution in [3.63, 3.8) is 0 Å². The number of rotatable bonds is 5. The largest absolute Gasteiger partial charge is 0.496 e. The van der Waals surface area contributed by atoms with Crippen molar-refractivity contribution in [2.75, 3.05) is 12.5 Å². The highest BCUT2D eigenvalue weighted by molar-refractivity contribution is 5.79. The molecule has 0 spiro atoms. The Balaban J connectivity index is 1.93. The maximum atomic E-state index is 5.26. The second-order valence-corrected chi connectivity index (χ2v) is 3.86. The number of anilines is 1. The monoisotopic (exact) mass is 252 g/mol. The van der Waals surface area contributed by atoms with Gasteiger partial charge in [-0.15, -0.1) is 0 Å². The molecular formula is C16H16N2O. The second kappa shape index (κ2) is 7.01. The first kappa shape index (κ1) is 12.9. The fraction of sp³-hybridized carbons (Fsp3) is 0.0625. The van der Waals surface area contributed by atoms with E-state index < -0.39 is 0 Å². The maximum absolute atomic E-state index is 5.26. The predicted octanol–water partition coefficient (Wildman–Crippen LogP) is 3.81. The van der Waals surface area contributed by atoms with Gasteiger partial charge in [0.2, 0.25) is 0 Å². The number of hydrogen-bond donors (Lipinski definition) is 1. The molecule has 2 aromatic rings. The second-order valence-electron chi connectivity index (χ2n) is 3.86. The molecule has 3 heteroatoms. The maximum Gasteiger partial charge on any atom is 0.126 e. The number of methoxy groups -OCH3 is 1. The van der Waals surface area contributed by atoms with E-state index in [9.17, 15) is 0 Å². The van der Waals surface area contributed by atoms with Crippen LogP contribution < -0.4 is 10.2 Å². The average Bonchev–Trinajstić information content (AvgIpc) is 2.48. The van der Waals surface area contributed by atoms with Crippen LogP contribution in [0.1, 0.15) is 5.56 Å². The fourth-order valence-corrected chi connectivity index (χ4v) is 1.62. The van der Waals surface area contributed by atoms with Gasteiger partial charge in [-0.1, -0.05) is 36.4 Å². The van der Waals surface area contributed by atoms with Gasteiger partial charge < -0.3 is 4.74 Å². The number of benzene rings is 2. The van der Waals surface area contributed by atoms with Crippen molar-refractivity contribution in [2.24, 2.45) is 5.10 Å². The molecule has 0 fully saturated rings. The number of hydrazone groups is 1. The minimum atomic E-state index is 0.850. The Bertz CT molecular complexity index is 562. The molecular weight excluding hydrogens is 236 g/mol. The molecule has 0 saturated carbocycles. The molecule has 0 radical (unpaired) electrons. The van der Waals surface area contributed by atoms with Crippen LogP contribution in [0.5, 0.6) is 5.75 Å². The van der Waals surface area contributed by atoms with Crippen LogP contribution in [0.25, 0.3) is 6.08 Å². The van der Waals surface area contributed by atoms with Gasteiger partial charge in [0.05, 0.1) is 12.8 Å². The molecule has 0 unspecified atom stereocenters. The lowest BCUT2D eigenvalue weighted by Gasteiger charge is -2.02. The zero-order valence-corrected chi connectivity index (χ0v) is 10.8. The number of nitrogens with zero attached hydrogens (tertiary/aromatic N) is 1. The van der Waals surface area contributed by atoms with Crippen molar-refractivity contribution in [2.45, 2.75) is 0 Å². The summed E-state index contributed by atoms with van der Waals surface area (Å²) >= 11 is 0. The summed E-state index contributed by atoms with van der Waals surface area (Å²) in [6.07, 6.45) is 5.53. The molecule has 0 aliphatic rings. The third-order valence-corrected chi connectivity index (χ3v) is 2.54. The van der Waals surface area contributed by atoms with Crippen LogP contribution in [0.4, 0.5) is 5.69 Å². The number of hydrogen-bond acceptors (Lipinski definition) is 3. The number of para-hydroxylation sites is 2. The molecule has 0 amide bonds. The lowest BCUT2D eigenvalue weighted by Crippen LogP contribution is -1.87. The number of nitrogens with one attached hydrogen (secondary N) is 1. The molecule has 0 atom stereocenters. The molecule has 0 aliphatic heterocycles. The minimum absolute atomic E-state index is 0.850. The zero-order valence-electron chi connectivity index (χ0n) is 10.8. The van der Waals surface area contributed by atoms with Crippen LogP contribution >= 0.6 is 0 Å². The van der Waals surface area contributed by atoms with E-state index in [2.05, 4.69) is 10.5 Å². The molecule has 0 bridgehead atoms. The van der Waals surface area contributed by atoms with Crippen LogP contribution in [-0.2, 0) is 0 Å². The molecule has 1 N–H and O–H groups in total. The van der Waals surface area contributed by atoms with E-state index in [1.54, 1.807) is 13.3 Å². The lowest BCUT2D eigenvalue weighted by atomic mass is 10.2. The summed E-state index contributed by atoms with van der Waals surface area (Å²) in [6, 6.07) is 17.7. The Morgan fingerprint density at radius 3 is 2.53 bits per heavy atom. The van der Waals surface area contributed by atoms with Crippen LogP contribution in [0.2, 0.25) is 0 Å². The van der Waals surface area contributed by atoms with Crippen molar-refractivity contribution in [1.29, 1.82) is 0 Å². The third kappa shape index (κ3) is 4.00. The van der Waals surface area contributed by atoms with Crippen LogP contribution in [0, 0.1) is 0 Å². The van der Waals surface area contributed by atoms with Gasteiger partial charge in [-0.05, 0) is 30.4 Å². The molecule has 2 rings (SSSR count). The van der Waals surface area contributed by atoms with Crippen LogP contribution in [0.3, 0.4) is 0 Å². The highest BCUT2D eigenvalue weighted by atomic mass is 16.5. The molecule has 0 aliphatic carbocycles. The summed E-state index contributed by atoms with van der Waals surface area (Å²) in [5.74, 6) is 0.850. The van der Waals surface area contributed by atoms with Gasteiger partial charge in [0.1, 0.15) is 5.75 Å². The third-order valence-electron chi connectivity index (χ3n) is 2.54. The fourth-order valence-electron chi connectivity index (χ4n) is 1.62. The van der Waals surface area contributed by atoms with E-state index in [4.69, 9.17) is 4.74 Å². The van der Waals surface area contributed by atoms with E-state index in [0.29, 0.717) is 0 Å². The molecule has 2 aromatic carbocycles. The van der Waals surface area contributed by atoms with Gasteiger partial charge in [-0.3, -0.25) is 5.43 Å². The Morgan fingerprint density at radius 2 is 1.74 bits per heavy atom. The van der Waals surface area contributed by atoms with Gasteiger partial charge in [0.25, 0.3) is 0 Å². The Labute approximate surface area is 113 Å². The summed E-state index contributed by atoms with van der Waals surface area (Å²) < 4.78 is 5.26. The van der Waals surface area contributed by atoms with Crippen molar-refractivity contribution >= 4 is 18.0 Å². The highest BCUT2D eigenvalue weighted by Crippen LogP contribution is 2.18. The summed E-state index contributed by atoms with van der Waals surface area (Å²) in [5.41, 5.74) is 4.93. The number of ether oxygens (including phenoxy) is 1. The standard InChI is InChI=1S/C16H16N2O/c1-19-16-12-6-5-8-14(16)9-7-13-17-18-15-10-3-2-4-11-15/h2-13,18H,1H3. The lowest BCUT2D eigenvalue weighted by molar-refractivity contribution is 0.414. The van der Waals surface area contributed by atoms with Crippen molar-refractivity contribution in [3.05, 3.63) is 66.2 Å². The van der Waals surface area contributed by atoms with Crippen molar-refractivity contribution < 1.29 is 4.74 Å². The Kier molecular flexibility index (Phi) is 4.76. The summed E-state index contributed by atoms with van der Waals surface area (Å²) in [7, 11) is 1.66. The Morgan fingerprint density at radius 1 is 1.00 bits per heavy atom. The van der Waals surface area contributed by atoms with Crippen molar-refractivity contribution in [3.8, 4) is 5.75 Å². The molecule has 19 heavy (non-hydrogen) atoms. The van der Waals surface area contributed by atoms with Crippen LogP contribution in [0.15, 0.2) is 65.8 Å². The first-order chi connectivity index (χ1) is 9.40. The topological polar surface area (TPSA) is 33.6 Å². The summed E-state index contributed by atoms with van der Waals surface area (Å²) in [4.78, 5) is 0. The summed E-state index contributed by atoms with van der Waals surface area (Å²) in [6.45, 7) is 0. The molecule has 0 aromatic heterocycles. The van der Waals surface area contributed by atoms with Gasteiger partial charge in [-0.25, -0.2) is 0 Å². The van der Waals surface area contributed by atoms with E-state index in [1.165, 1.54) is 0 Å². The van der Waals surface area contributed by atoms with Gasteiger partial charge in [0.15, 0.2) is 0 Å². The summed E-state index contributed by atoms with van der Waals surface area (Å²) in [5, 5.41) is 4.11. The predicted molar refractivity (Wildman–Crippen MR) is 80.6 cm³/mol. The SMILES string of the molecule is COc1ccccc1C=CC=NNc1ccccc1. The van der Waals surface area contributed by atoms with Gasteiger partial charge in [-0.2, -0.15) is 5.10 Å². The molecule has 96 valence electrons. The molecule has 0 heterocycles. The smallest absolute Gasteiger partial charge is 0.126 e. The van der Waals surface area contributed by atoms with E-state index in [1.807, 2.05) is 66.7 Å². The number of allylic oxidation sites excluding steroid dienone is 1. The van der Waals surface area contributed by atoms with Gasteiger partial charge >= 0.3 is 0 Å². The zero-order chi connectivity index (χ0) is 13.3.